The van der Waals surface area contributed by atoms with Gasteiger partial charge in [-0.15, -0.1) is 0 Å². The number of benzene rings is 1. The van der Waals surface area contributed by atoms with Crippen LogP contribution in [0.3, 0.4) is 0 Å². The molecule has 8 heteroatoms. The standard InChI is InChI=1S/C23H24N4O4/c1-16-21(30-15-26-16)23(29)27-11-8-19(9-12-27)31-20-7-4-5-17(13-20)22(28)25-14-18-6-2-3-10-24-18/h2-7,10,13,15,19H,8-9,11-12,14H2,1H3,(H,25,28). The predicted molar refractivity (Wildman–Crippen MR) is 113 cm³/mol. The minimum atomic E-state index is -0.182. The van der Waals surface area contributed by atoms with Crippen LogP contribution in [0.1, 0.15) is 45.1 Å². The van der Waals surface area contributed by atoms with Gasteiger partial charge in [0.15, 0.2) is 6.39 Å². The Morgan fingerprint density at radius 2 is 2.00 bits per heavy atom. The molecule has 0 bridgehead atoms. The van der Waals surface area contributed by atoms with Crippen molar-refractivity contribution in [2.75, 3.05) is 13.1 Å². The number of carbonyl (C=O) groups is 2. The zero-order valence-electron chi connectivity index (χ0n) is 17.3. The number of pyridine rings is 1. The van der Waals surface area contributed by atoms with E-state index in [1.807, 2.05) is 24.3 Å². The average molecular weight is 420 g/mol. The summed E-state index contributed by atoms with van der Waals surface area (Å²) in [6.45, 7) is 3.27. The van der Waals surface area contributed by atoms with Crippen LogP contribution in [-0.2, 0) is 6.54 Å². The largest absolute Gasteiger partial charge is 0.490 e. The molecule has 1 aliphatic rings. The van der Waals surface area contributed by atoms with Crippen LogP contribution >= 0.6 is 0 Å². The minimum Gasteiger partial charge on any atom is -0.490 e. The molecule has 1 aromatic carbocycles. The molecule has 160 valence electrons. The van der Waals surface area contributed by atoms with Gasteiger partial charge < -0.3 is 19.4 Å². The molecule has 0 atom stereocenters. The number of amides is 2. The molecular weight excluding hydrogens is 396 g/mol. The van der Waals surface area contributed by atoms with Crippen LogP contribution < -0.4 is 10.1 Å². The highest BCUT2D eigenvalue weighted by Gasteiger charge is 2.27. The fraction of sp³-hybridized carbons (Fsp3) is 0.304. The summed E-state index contributed by atoms with van der Waals surface area (Å²) in [7, 11) is 0. The van der Waals surface area contributed by atoms with Crippen LogP contribution in [0.2, 0.25) is 0 Å². The lowest BCUT2D eigenvalue weighted by Crippen LogP contribution is -2.41. The fourth-order valence-corrected chi connectivity index (χ4v) is 3.51. The number of piperidine rings is 1. The van der Waals surface area contributed by atoms with Gasteiger partial charge in [-0.05, 0) is 37.3 Å². The topological polar surface area (TPSA) is 97.6 Å². The van der Waals surface area contributed by atoms with Gasteiger partial charge in [0.1, 0.15) is 11.9 Å². The zero-order chi connectivity index (χ0) is 21.6. The molecule has 1 aliphatic heterocycles. The van der Waals surface area contributed by atoms with Gasteiger partial charge in [-0.25, -0.2) is 4.98 Å². The van der Waals surface area contributed by atoms with Crippen molar-refractivity contribution in [3.8, 4) is 5.75 Å². The molecule has 3 aromatic rings. The lowest BCUT2D eigenvalue weighted by Gasteiger charge is -2.31. The third-order valence-corrected chi connectivity index (χ3v) is 5.22. The summed E-state index contributed by atoms with van der Waals surface area (Å²) in [6, 6.07) is 12.7. The maximum Gasteiger partial charge on any atom is 0.291 e. The third kappa shape index (κ3) is 5.09. The van der Waals surface area contributed by atoms with E-state index in [1.54, 1.807) is 36.2 Å². The Hall–Kier alpha value is -3.68. The molecule has 8 nitrogen and oxygen atoms in total. The highest BCUT2D eigenvalue weighted by atomic mass is 16.5. The summed E-state index contributed by atoms with van der Waals surface area (Å²) in [5.74, 6) is 0.615. The van der Waals surface area contributed by atoms with Crippen molar-refractivity contribution in [3.63, 3.8) is 0 Å². The van der Waals surface area contributed by atoms with E-state index in [0.717, 1.165) is 5.69 Å². The van der Waals surface area contributed by atoms with Crippen LogP contribution in [0, 0.1) is 6.92 Å². The second kappa shape index (κ2) is 9.42. The van der Waals surface area contributed by atoms with Crippen molar-refractivity contribution in [1.82, 2.24) is 20.2 Å². The number of aryl methyl sites for hydroxylation is 1. The Labute approximate surface area is 180 Å². The van der Waals surface area contributed by atoms with Crippen LogP contribution in [-0.4, -0.2) is 45.9 Å². The first kappa shape index (κ1) is 20.6. The van der Waals surface area contributed by atoms with E-state index in [9.17, 15) is 9.59 Å². The average Bonchev–Trinajstić information content (AvgIpc) is 3.24. The number of aromatic nitrogens is 2. The Morgan fingerprint density at radius 3 is 2.71 bits per heavy atom. The number of rotatable bonds is 6. The summed E-state index contributed by atoms with van der Waals surface area (Å²) >= 11 is 0. The summed E-state index contributed by atoms with van der Waals surface area (Å²) in [5, 5.41) is 2.87. The number of likely N-dealkylation sites (tertiary alicyclic amines) is 1. The van der Waals surface area contributed by atoms with Crippen LogP contribution in [0.25, 0.3) is 0 Å². The molecule has 0 radical (unpaired) electrons. The number of oxazole rings is 1. The molecule has 0 spiro atoms. The SMILES string of the molecule is Cc1ncoc1C(=O)N1CCC(Oc2cccc(C(=O)NCc3ccccn3)c2)CC1. The highest BCUT2D eigenvalue weighted by Crippen LogP contribution is 2.22. The van der Waals surface area contributed by atoms with E-state index in [0.29, 0.717) is 55.2 Å². The fourth-order valence-electron chi connectivity index (χ4n) is 3.51. The molecule has 0 aliphatic carbocycles. The number of nitrogens with zero attached hydrogens (tertiary/aromatic N) is 3. The summed E-state index contributed by atoms with van der Waals surface area (Å²) in [6.07, 6.45) is 4.37. The summed E-state index contributed by atoms with van der Waals surface area (Å²) in [5.41, 5.74) is 1.92. The first-order chi connectivity index (χ1) is 15.1. The van der Waals surface area contributed by atoms with Gasteiger partial charge in [0.25, 0.3) is 11.8 Å². The van der Waals surface area contributed by atoms with Gasteiger partial charge >= 0.3 is 0 Å². The van der Waals surface area contributed by atoms with Gasteiger partial charge in [-0.2, -0.15) is 0 Å². The van der Waals surface area contributed by atoms with Crippen molar-refractivity contribution in [3.05, 3.63) is 77.8 Å². The smallest absolute Gasteiger partial charge is 0.291 e. The first-order valence-corrected chi connectivity index (χ1v) is 10.2. The van der Waals surface area contributed by atoms with E-state index >= 15 is 0 Å². The molecular formula is C23H24N4O4. The van der Waals surface area contributed by atoms with Gasteiger partial charge in [0, 0.05) is 37.7 Å². The Morgan fingerprint density at radius 1 is 1.16 bits per heavy atom. The van der Waals surface area contributed by atoms with E-state index in [1.165, 1.54) is 6.39 Å². The number of carbonyl (C=O) groups excluding carboxylic acids is 2. The number of hydrogen-bond donors (Lipinski definition) is 1. The van der Waals surface area contributed by atoms with Crippen LogP contribution in [0.4, 0.5) is 0 Å². The van der Waals surface area contributed by atoms with Crippen molar-refractivity contribution in [2.45, 2.75) is 32.4 Å². The van der Waals surface area contributed by atoms with Crippen molar-refractivity contribution < 1.29 is 18.7 Å². The summed E-state index contributed by atoms with van der Waals surface area (Å²) in [4.78, 5) is 34.9. The molecule has 1 saturated heterocycles. The van der Waals surface area contributed by atoms with Crippen LogP contribution in [0.5, 0.6) is 5.75 Å². The van der Waals surface area contributed by atoms with Gasteiger partial charge in [-0.3, -0.25) is 14.6 Å². The number of nitrogens with one attached hydrogen (secondary N) is 1. The monoisotopic (exact) mass is 420 g/mol. The number of hydrogen-bond acceptors (Lipinski definition) is 6. The van der Waals surface area contributed by atoms with Crippen molar-refractivity contribution in [1.29, 1.82) is 0 Å². The van der Waals surface area contributed by atoms with Gasteiger partial charge in [0.2, 0.25) is 5.76 Å². The number of ether oxygens (including phenoxy) is 1. The van der Waals surface area contributed by atoms with E-state index < -0.39 is 0 Å². The maximum atomic E-state index is 12.5. The Kier molecular flexibility index (Phi) is 6.26. The quantitative estimate of drug-likeness (QED) is 0.658. The molecule has 0 saturated carbocycles. The molecule has 31 heavy (non-hydrogen) atoms. The van der Waals surface area contributed by atoms with Crippen molar-refractivity contribution >= 4 is 11.8 Å². The maximum absolute atomic E-state index is 12.5. The van der Waals surface area contributed by atoms with E-state index in [2.05, 4.69) is 15.3 Å². The highest BCUT2D eigenvalue weighted by molar-refractivity contribution is 5.94. The van der Waals surface area contributed by atoms with E-state index in [-0.39, 0.29) is 17.9 Å². The zero-order valence-corrected chi connectivity index (χ0v) is 17.3. The Bertz CT molecular complexity index is 1040. The third-order valence-electron chi connectivity index (χ3n) is 5.22. The molecule has 1 N–H and O–H groups in total. The van der Waals surface area contributed by atoms with Gasteiger partial charge in [0.05, 0.1) is 17.9 Å². The lowest BCUT2D eigenvalue weighted by atomic mass is 10.1. The van der Waals surface area contributed by atoms with E-state index in [4.69, 9.17) is 9.15 Å². The van der Waals surface area contributed by atoms with Crippen LogP contribution in [0.15, 0.2) is 59.5 Å². The summed E-state index contributed by atoms with van der Waals surface area (Å²) < 4.78 is 11.3. The predicted octanol–water partition coefficient (Wildman–Crippen LogP) is 2.99. The molecule has 3 heterocycles. The first-order valence-electron chi connectivity index (χ1n) is 10.2. The normalized spacial score (nSPS) is 14.3. The second-order valence-electron chi connectivity index (χ2n) is 7.41. The molecule has 2 aromatic heterocycles. The molecule has 1 fully saturated rings. The van der Waals surface area contributed by atoms with Crippen molar-refractivity contribution in [2.24, 2.45) is 0 Å². The molecule has 0 unspecified atom stereocenters. The Balaban J connectivity index is 1.30. The second-order valence-corrected chi connectivity index (χ2v) is 7.41. The minimum absolute atomic E-state index is 0.0216. The molecule has 2 amide bonds. The lowest BCUT2D eigenvalue weighted by molar-refractivity contribution is 0.0565. The molecule has 4 rings (SSSR count). The van der Waals surface area contributed by atoms with Gasteiger partial charge in [-0.1, -0.05) is 12.1 Å².